The molecule has 0 N–H and O–H groups in total. The Morgan fingerprint density at radius 2 is 1.78 bits per heavy atom. The maximum absolute atomic E-state index is 13.4. The summed E-state index contributed by atoms with van der Waals surface area (Å²) in [7, 11) is 1.68. The molecule has 0 aliphatic carbocycles. The second-order valence-electron chi connectivity index (χ2n) is 5.22. The molecule has 0 aliphatic heterocycles. The quantitative estimate of drug-likeness (QED) is 0.782. The zero-order valence-corrected chi connectivity index (χ0v) is 13.0. The van der Waals surface area contributed by atoms with E-state index >= 15 is 0 Å². The van der Waals surface area contributed by atoms with Gasteiger partial charge in [0.05, 0.1) is 6.54 Å². The van der Waals surface area contributed by atoms with Gasteiger partial charge in [0.25, 0.3) is 0 Å². The highest BCUT2D eigenvalue weighted by Crippen LogP contribution is 2.15. The minimum atomic E-state index is -0.419. The van der Waals surface area contributed by atoms with Gasteiger partial charge in [0.15, 0.2) is 11.6 Å². The molecule has 3 nitrogen and oxygen atoms in total. The Morgan fingerprint density at radius 1 is 1.09 bits per heavy atom. The lowest BCUT2D eigenvalue weighted by molar-refractivity contribution is -0.130. The molecule has 0 heterocycles. The van der Waals surface area contributed by atoms with Crippen LogP contribution in [0.1, 0.15) is 12.0 Å². The third-order valence-corrected chi connectivity index (χ3v) is 3.49. The van der Waals surface area contributed by atoms with Gasteiger partial charge in [-0.05, 0) is 36.2 Å². The van der Waals surface area contributed by atoms with E-state index in [9.17, 15) is 13.6 Å². The fraction of sp³-hybridized carbons (Fsp3) is 0.278. The van der Waals surface area contributed by atoms with Gasteiger partial charge >= 0.3 is 0 Å². The van der Waals surface area contributed by atoms with Crippen molar-refractivity contribution in [2.75, 3.05) is 20.2 Å². The van der Waals surface area contributed by atoms with Gasteiger partial charge in [-0.2, -0.15) is 0 Å². The minimum Gasteiger partial charge on any atom is -0.489 e. The van der Waals surface area contributed by atoms with Crippen LogP contribution in [0.4, 0.5) is 8.78 Å². The zero-order chi connectivity index (χ0) is 16.7. The number of nitrogens with zero attached hydrogens (tertiary/aromatic N) is 1. The third-order valence-electron chi connectivity index (χ3n) is 3.49. The van der Waals surface area contributed by atoms with Crippen molar-refractivity contribution in [3.8, 4) is 5.75 Å². The number of carbonyl (C=O) groups is 1. The van der Waals surface area contributed by atoms with Gasteiger partial charge in [0.2, 0.25) is 5.91 Å². The van der Waals surface area contributed by atoms with Crippen LogP contribution in [0.2, 0.25) is 0 Å². The van der Waals surface area contributed by atoms with E-state index in [0.717, 1.165) is 5.56 Å². The molecule has 0 saturated carbocycles. The van der Waals surface area contributed by atoms with Gasteiger partial charge in [-0.3, -0.25) is 4.79 Å². The van der Waals surface area contributed by atoms with Crippen LogP contribution < -0.4 is 4.74 Å². The highest BCUT2D eigenvalue weighted by molar-refractivity contribution is 5.76. The molecule has 0 fully saturated rings. The first kappa shape index (κ1) is 16.9. The van der Waals surface area contributed by atoms with Crippen molar-refractivity contribution in [2.24, 2.45) is 0 Å². The summed E-state index contributed by atoms with van der Waals surface area (Å²) >= 11 is 0. The molecule has 2 rings (SSSR count). The van der Waals surface area contributed by atoms with E-state index in [2.05, 4.69) is 0 Å². The maximum atomic E-state index is 13.4. The predicted molar refractivity (Wildman–Crippen MR) is 84.3 cm³/mol. The van der Waals surface area contributed by atoms with Gasteiger partial charge in [-0.15, -0.1) is 0 Å². The van der Waals surface area contributed by atoms with Crippen molar-refractivity contribution in [1.29, 1.82) is 0 Å². The van der Waals surface area contributed by atoms with Crippen LogP contribution >= 0.6 is 0 Å². The fourth-order valence-electron chi connectivity index (χ4n) is 2.07. The second-order valence-corrected chi connectivity index (χ2v) is 5.22. The van der Waals surface area contributed by atoms with Gasteiger partial charge < -0.3 is 9.64 Å². The topological polar surface area (TPSA) is 29.5 Å². The Labute approximate surface area is 134 Å². The van der Waals surface area contributed by atoms with E-state index in [1.54, 1.807) is 42.3 Å². The molecule has 0 spiro atoms. The highest BCUT2D eigenvalue weighted by atomic mass is 19.1. The van der Waals surface area contributed by atoms with Crippen molar-refractivity contribution in [2.45, 2.75) is 12.8 Å². The SMILES string of the molecule is CN(CCOc1ccccc1F)C(=O)CCc1ccc(F)cc1. The number of para-hydroxylation sites is 1. The van der Waals surface area contributed by atoms with E-state index < -0.39 is 5.82 Å². The number of aryl methyl sites for hydroxylation is 1. The largest absolute Gasteiger partial charge is 0.489 e. The normalized spacial score (nSPS) is 10.4. The van der Waals surface area contributed by atoms with Gasteiger partial charge in [0, 0.05) is 13.5 Å². The number of hydrogen-bond donors (Lipinski definition) is 0. The number of rotatable bonds is 7. The smallest absolute Gasteiger partial charge is 0.222 e. The zero-order valence-electron chi connectivity index (χ0n) is 13.0. The number of halogens is 2. The number of benzene rings is 2. The molecule has 122 valence electrons. The van der Waals surface area contributed by atoms with Gasteiger partial charge in [0.1, 0.15) is 12.4 Å². The van der Waals surface area contributed by atoms with Crippen molar-refractivity contribution in [3.63, 3.8) is 0 Å². The third kappa shape index (κ3) is 5.36. The average Bonchev–Trinajstić information content (AvgIpc) is 2.55. The highest BCUT2D eigenvalue weighted by Gasteiger charge is 2.09. The molecule has 2 aromatic rings. The molecule has 5 heteroatoms. The van der Waals surface area contributed by atoms with Gasteiger partial charge in [-0.1, -0.05) is 24.3 Å². The first-order chi connectivity index (χ1) is 11.1. The second kappa shape index (κ2) is 8.27. The summed E-state index contributed by atoms with van der Waals surface area (Å²) in [5, 5.41) is 0. The maximum Gasteiger partial charge on any atom is 0.222 e. The molecule has 0 bridgehead atoms. The van der Waals surface area contributed by atoms with Crippen molar-refractivity contribution in [3.05, 3.63) is 65.7 Å². The van der Waals surface area contributed by atoms with Crippen LogP contribution in [0.15, 0.2) is 48.5 Å². The van der Waals surface area contributed by atoms with Crippen LogP contribution in [0, 0.1) is 11.6 Å². The molecule has 0 saturated heterocycles. The molecule has 23 heavy (non-hydrogen) atoms. The molecule has 1 amide bonds. The number of likely N-dealkylation sites (N-methyl/N-ethyl adjacent to an activating group) is 1. The standard InChI is InChI=1S/C18H19F2NO2/c1-21(12-13-23-17-5-3-2-4-16(17)20)18(22)11-8-14-6-9-15(19)10-7-14/h2-7,9-10H,8,11-13H2,1H3. The minimum absolute atomic E-state index is 0.0357. The Bertz CT molecular complexity index is 644. The molecular weight excluding hydrogens is 300 g/mol. The molecule has 0 radical (unpaired) electrons. The summed E-state index contributed by atoms with van der Waals surface area (Å²) in [4.78, 5) is 13.6. The number of carbonyl (C=O) groups excluding carboxylic acids is 1. The Morgan fingerprint density at radius 3 is 2.48 bits per heavy atom. The summed E-state index contributed by atoms with van der Waals surface area (Å²) < 4.78 is 31.5. The summed E-state index contributed by atoms with van der Waals surface area (Å²) in [5.41, 5.74) is 0.913. The monoisotopic (exact) mass is 319 g/mol. The lowest BCUT2D eigenvalue weighted by atomic mass is 10.1. The van der Waals surface area contributed by atoms with Crippen LogP contribution in [-0.4, -0.2) is 31.0 Å². The van der Waals surface area contributed by atoms with E-state index in [4.69, 9.17) is 4.74 Å². The Balaban J connectivity index is 1.72. The molecule has 0 aliphatic rings. The van der Waals surface area contributed by atoms with E-state index in [-0.39, 0.29) is 24.1 Å². The number of ether oxygens (including phenoxy) is 1. The van der Waals surface area contributed by atoms with Crippen LogP contribution in [0.5, 0.6) is 5.75 Å². The van der Waals surface area contributed by atoms with E-state index in [1.165, 1.54) is 18.2 Å². The fourth-order valence-corrected chi connectivity index (χ4v) is 2.07. The lowest BCUT2D eigenvalue weighted by Gasteiger charge is -2.17. The molecule has 0 aromatic heterocycles. The van der Waals surface area contributed by atoms with Crippen LogP contribution in [-0.2, 0) is 11.2 Å². The van der Waals surface area contributed by atoms with Crippen molar-refractivity contribution < 1.29 is 18.3 Å². The first-order valence-electron chi connectivity index (χ1n) is 7.42. The summed E-state index contributed by atoms with van der Waals surface area (Å²) in [5.74, 6) is -0.564. The molecule has 0 unspecified atom stereocenters. The van der Waals surface area contributed by atoms with E-state index in [1.807, 2.05) is 0 Å². The van der Waals surface area contributed by atoms with Gasteiger partial charge in [-0.25, -0.2) is 8.78 Å². The number of amides is 1. The Kier molecular flexibility index (Phi) is 6.09. The lowest BCUT2D eigenvalue weighted by Crippen LogP contribution is -2.31. The predicted octanol–water partition coefficient (Wildman–Crippen LogP) is 3.43. The van der Waals surface area contributed by atoms with Crippen LogP contribution in [0.3, 0.4) is 0 Å². The molecular formula is C18H19F2NO2. The number of hydrogen-bond acceptors (Lipinski definition) is 2. The summed E-state index contributed by atoms with van der Waals surface area (Å²) in [6, 6.07) is 12.3. The molecule has 0 atom stereocenters. The summed E-state index contributed by atoms with van der Waals surface area (Å²) in [6.45, 7) is 0.594. The van der Waals surface area contributed by atoms with E-state index in [0.29, 0.717) is 19.4 Å². The first-order valence-corrected chi connectivity index (χ1v) is 7.42. The van der Waals surface area contributed by atoms with Crippen LogP contribution in [0.25, 0.3) is 0 Å². The Hall–Kier alpha value is -2.43. The summed E-state index contributed by atoms with van der Waals surface area (Å²) in [6.07, 6.45) is 0.888. The molecule has 2 aromatic carbocycles. The van der Waals surface area contributed by atoms with Crippen molar-refractivity contribution in [1.82, 2.24) is 4.90 Å². The average molecular weight is 319 g/mol. The van der Waals surface area contributed by atoms with Crippen molar-refractivity contribution >= 4 is 5.91 Å².